The van der Waals surface area contributed by atoms with Crippen LogP contribution in [0, 0.1) is 5.92 Å². The summed E-state index contributed by atoms with van der Waals surface area (Å²) in [6, 6.07) is 5.57. The van der Waals surface area contributed by atoms with Gasteiger partial charge in [-0.3, -0.25) is 4.79 Å². The number of nitrogens with zero attached hydrogens (tertiary/aromatic N) is 5. The van der Waals surface area contributed by atoms with E-state index in [9.17, 15) is 8.78 Å². The molecule has 1 saturated heterocycles. The fourth-order valence-corrected chi connectivity index (χ4v) is 6.40. The summed E-state index contributed by atoms with van der Waals surface area (Å²) in [5.74, 6) is 5.36. The van der Waals surface area contributed by atoms with Crippen molar-refractivity contribution in [2.24, 2.45) is 22.6 Å². The highest BCUT2D eigenvalue weighted by Crippen LogP contribution is 2.40. The van der Waals surface area contributed by atoms with Gasteiger partial charge in [-0.2, -0.15) is 5.10 Å². The number of anilines is 2. The zero-order chi connectivity index (χ0) is 27.5. The molecule has 208 valence electrons. The van der Waals surface area contributed by atoms with Crippen molar-refractivity contribution in [2.75, 3.05) is 29.1 Å². The van der Waals surface area contributed by atoms with E-state index in [4.69, 9.17) is 10.6 Å². The largest absolute Gasteiger partial charge is 0.372 e. The highest BCUT2D eigenvalue weighted by atomic mass is 32.2. The molecular formula is C25H36F2N8OS2. The molecule has 9 nitrogen and oxygen atoms in total. The summed E-state index contributed by atoms with van der Waals surface area (Å²) < 4.78 is 26.5. The number of aromatic nitrogens is 3. The number of pyridine rings is 1. The first-order valence-corrected chi connectivity index (χ1v) is 14.6. The quantitative estimate of drug-likeness (QED) is 0.130. The highest BCUT2D eigenvalue weighted by Gasteiger charge is 2.44. The minimum atomic E-state index is -2.62. The van der Waals surface area contributed by atoms with Gasteiger partial charge in [-0.15, -0.1) is 22.0 Å². The van der Waals surface area contributed by atoms with Crippen molar-refractivity contribution < 1.29 is 13.6 Å². The van der Waals surface area contributed by atoms with Gasteiger partial charge in [0.1, 0.15) is 10.8 Å². The minimum Gasteiger partial charge on any atom is -0.372 e. The van der Waals surface area contributed by atoms with Crippen LogP contribution in [-0.4, -0.2) is 51.4 Å². The highest BCUT2D eigenvalue weighted by molar-refractivity contribution is 8.13. The maximum absolute atomic E-state index is 13.3. The number of nitrogens with two attached hydrogens (primary N) is 2. The lowest BCUT2D eigenvalue weighted by Crippen LogP contribution is -2.56. The Bertz CT molecular complexity index is 1100. The monoisotopic (exact) mass is 566 g/mol. The molecular weight excluding hydrogens is 530 g/mol. The molecule has 2 aliphatic rings. The molecule has 1 amide bonds. The molecule has 0 bridgehead atoms. The van der Waals surface area contributed by atoms with Crippen LogP contribution in [0.15, 0.2) is 35.1 Å². The molecule has 2 aromatic heterocycles. The fraction of sp³-hybridized carbons (Fsp3) is 0.560. The lowest BCUT2D eigenvalue weighted by Gasteiger charge is -2.39. The third-order valence-corrected chi connectivity index (χ3v) is 8.31. The number of allylic oxidation sites excluding steroid dienone is 2. The maximum Gasteiger partial charge on any atom is 0.282 e. The standard InChI is InChI=1S/C24H33F2N7S2.CH3NO/c1-3-7-18(13-19-10-6-11-20(28-19)33-14-24(25,26)15-33)29-23-32-31-22(35-23)17-9-5-8-16(12-17)21(30-27)34-4-2;2-1-3/h6-7,10-11,16-17H,3-5,8-9,12-15,27H2,1-2H3,(H,29,32);1H,(H2,2,3)/b18-7?,30-21-;/t16-,17?;/m0./s1. The topological polar surface area (TPSA) is 135 Å². The maximum atomic E-state index is 13.3. The first-order valence-electron chi connectivity index (χ1n) is 12.8. The summed E-state index contributed by atoms with van der Waals surface area (Å²) in [6.07, 6.45) is 8.13. The molecule has 2 fully saturated rings. The molecule has 3 heterocycles. The van der Waals surface area contributed by atoms with Crippen molar-refractivity contribution in [3.05, 3.63) is 40.7 Å². The van der Waals surface area contributed by atoms with E-state index in [1.807, 2.05) is 12.1 Å². The van der Waals surface area contributed by atoms with Gasteiger partial charge in [0.15, 0.2) is 0 Å². The number of carbonyl (C=O) groups is 1. The Morgan fingerprint density at radius 2 is 2.08 bits per heavy atom. The van der Waals surface area contributed by atoms with E-state index in [1.165, 1.54) is 0 Å². The second-order valence-corrected chi connectivity index (χ2v) is 11.5. The number of hydrazone groups is 1. The average Bonchev–Trinajstić information content (AvgIpc) is 3.35. The van der Waals surface area contributed by atoms with Crippen molar-refractivity contribution in [3.63, 3.8) is 0 Å². The Hall–Kier alpha value is -2.80. The van der Waals surface area contributed by atoms with Gasteiger partial charge in [-0.05, 0) is 43.6 Å². The normalized spacial score (nSPS) is 21.2. The van der Waals surface area contributed by atoms with Crippen LogP contribution in [0.1, 0.15) is 62.6 Å². The molecule has 38 heavy (non-hydrogen) atoms. The molecule has 13 heteroatoms. The van der Waals surface area contributed by atoms with E-state index in [1.54, 1.807) is 34.1 Å². The van der Waals surface area contributed by atoms with Crippen molar-refractivity contribution in [2.45, 2.75) is 64.2 Å². The van der Waals surface area contributed by atoms with Crippen molar-refractivity contribution in [1.82, 2.24) is 15.2 Å². The van der Waals surface area contributed by atoms with Crippen LogP contribution in [0.3, 0.4) is 0 Å². The third kappa shape index (κ3) is 8.35. The van der Waals surface area contributed by atoms with Gasteiger partial charge in [0, 0.05) is 29.6 Å². The first-order chi connectivity index (χ1) is 18.3. The summed E-state index contributed by atoms with van der Waals surface area (Å²) in [5.41, 5.74) is 5.97. The Balaban J connectivity index is 0.00000127. The third-order valence-electron chi connectivity index (χ3n) is 6.28. The Morgan fingerprint density at radius 1 is 1.32 bits per heavy atom. The van der Waals surface area contributed by atoms with Crippen LogP contribution in [0.25, 0.3) is 0 Å². The number of rotatable bonds is 9. The zero-order valence-electron chi connectivity index (χ0n) is 21.8. The molecule has 0 aromatic carbocycles. The van der Waals surface area contributed by atoms with E-state index >= 15 is 0 Å². The molecule has 2 aromatic rings. The second kappa shape index (κ2) is 14.4. The lowest BCUT2D eigenvalue weighted by atomic mass is 9.82. The number of primary amides is 1. The number of alkyl halides is 2. The Morgan fingerprint density at radius 3 is 2.74 bits per heavy atom. The van der Waals surface area contributed by atoms with Crippen LogP contribution in [0.5, 0.6) is 0 Å². The van der Waals surface area contributed by atoms with E-state index in [0.717, 1.165) is 64.4 Å². The smallest absolute Gasteiger partial charge is 0.282 e. The summed E-state index contributed by atoms with van der Waals surface area (Å²) in [6.45, 7) is 3.65. The summed E-state index contributed by atoms with van der Waals surface area (Å²) in [5, 5.41) is 19.2. The summed E-state index contributed by atoms with van der Waals surface area (Å²) in [7, 11) is 0. The van der Waals surface area contributed by atoms with E-state index < -0.39 is 5.92 Å². The van der Waals surface area contributed by atoms with Crippen molar-refractivity contribution >= 4 is 45.5 Å². The second-order valence-electron chi connectivity index (χ2n) is 9.18. The van der Waals surface area contributed by atoms with E-state index in [2.05, 4.69) is 51.3 Å². The van der Waals surface area contributed by atoms with Crippen LogP contribution in [0.2, 0.25) is 0 Å². The molecule has 1 aliphatic heterocycles. The number of amides is 1. The predicted octanol–water partition coefficient (Wildman–Crippen LogP) is 4.74. The van der Waals surface area contributed by atoms with Crippen LogP contribution >= 0.6 is 23.1 Å². The minimum absolute atomic E-state index is 0.250. The Kier molecular flexibility index (Phi) is 11.3. The number of halogens is 2. The molecule has 5 N–H and O–H groups in total. The van der Waals surface area contributed by atoms with Gasteiger partial charge in [0.2, 0.25) is 11.5 Å². The van der Waals surface area contributed by atoms with Gasteiger partial charge in [-0.1, -0.05) is 43.7 Å². The number of carbonyl (C=O) groups excluding carboxylic acids is 1. The van der Waals surface area contributed by atoms with E-state index in [-0.39, 0.29) is 19.5 Å². The molecule has 1 unspecified atom stereocenters. The molecule has 1 aliphatic carbocycles. The van der Waals surface area contributed by atoms with Gasteiger partial charge < -0.3 is 21.8 Å². The van der Waals surface area contributed by atoms with Crippen molar-refractivity contribution in [1.29, 1.82) is 0 Å². The predicted molar refractivity (Wildman–Crippen MR) is 152 cm³/mol. The van der Waals surface area contributed by atoms with Gasteiger partial charge in [0.05, 0.1) is 18.1 Å². The van der Waals surface area contributed by atoms with Crippen LogP contribution in [-0.2, 0) is 11.2 Å². The van der Waals surface area contributed by atoms with Crippen LogP contribution < -0.4 is 21.8 Å². The molecule has 4 rings (SSSR count). The number of hydrogen-bond acceptors (Lipinski definition) is 10. The fourth-order valence-electron chi connectivity index (χ4n) is 4.66. The van der Waals surface area contributed by atoms with Crippen molar-refractivity contribution in [3.8, 4) is 0 Å². The molecule has 0 spiro atoms. The SMILES string of the molecule is CCC=C(Cc1cccc(N2CC(F)(F)C2)n1)Nc1nnc(C2CCC[C@H](/C(=N/N)SCC)C2)s1.NC=O. The number of thioether (sulfide) groups is 1. The average molecular weight is 567 g/mol. The first kappa shape index (κ1) is 29.8. The van der Waals surface area contributed by atoms with Crippen LogP contribution in [0.4, 0.5) is 19.7 Å². The Labute approximate surface area is 230 Å². The molecule has 2 atom stereocenters. The number of nitrogens with one attached hydrogen (secondary N) is 1. The molecule has 1 saturated carbocycles. The molecule has 0 radical (unpaired) electrons. The number of hydrogen-bond donors (Lipinski definition) is 3. The van der Waals surface area contributed by atoms with E-state index in [0.29, 0.717) is 24.1 Å². The summed E-state index contributed by atoms with van der Waals surface area (Å²) in [4.78, 5) is 14.8. The van der Waals surface area contributed by atoms with Gasteiger partial charge >= 0.3 is 0 Å². The van der Waals surface area contributed by atoms with Gasteiger partial charge in [0.25, 0.3) is 5.92 Å². The summed E-state index contributed by atoms with van der Waals surface area (Å²) >= 11 is 3.33. The van der Waals surface area contributed by atoms with Gasteiger partial charge in [-0.25, -0.2) is 13.8 Å². The lowest BCUT2D eigenvalue weighted by molar-refractivity contribution is -0.106. The zero-order valence-corrected chi connectivity index (χ0v) is 23.4.